The largest absolute Gasteiger partial charge is 0.497 e. The topological polar surface area (TPSA) is 202 Å². The molecule has 17 nitrogen and oxygen atoms in total. The lowest BCUT2D eigenvalue weighted by Gasteiger charge is -2.37. The minimum absolute atomic E-state index is 0.00876. The van der Waals surface area contributed by atoms with Gasteiger partial charge in [-0.2, -0.15) is 10.5 Å². The maximum Gasteiger partial charge on any atom is 0.475 e. The zero-order chi connectivity index (χ0) is 52.4. The minimum atomic E-state index is -4.61. The third-order valence-electron chi connectivity index (χ3n) is 13.2. The Hall–Kier alpha value is -3.81. The average Bonchev–Trinajstić information content (AvgIpc) is 4.10. The van der Waals surface area contributed by atoms with Crippen molar-refractivity contribution in [3.63, 3.8) is 0 Å². The van der Waals surface area contributed by atoms with Crippen LogP contribution in [-0.4, -0.2) is 132 Å². The number of nitrogens with zero attached hydrogens (tertiary/aromatic N) is 2. The molecule has 22 heteroatoms. The second-order valence-corrected chi connectivity index (χ2v) is 21.7. The maximum atomic E-state index is 14.8. The van der Waals surface area contributed by atoms with Gasteiger partial charge in [0, 0.05) is 23.9 Å². The Bertz CT molecular complexity index is 2350. The predicted molar refractivity (Wildman–Crippen MR) is 275 cm³/mol. The Balaban J connectivity index is 1.05. The molecule has 3 saturated heterocycles. The first-order valence-corrected chi connectivity index (χ1v) is 28.2. The zero-order valence-corrected chi connectivity index (χ0v) is 43.9. The van der Waals surface area contributed by atoms with Crippen molar-refractivity contribution in [1.29, 1.82) is 10.5 Å². The van der Waals surface area contributed by atoms with Gasteiger partial charge < -0.3 is 33.2 Å². The van der Waals surface area contributed by atoms with E-state index in [9.17, 15) is 19.7 Å². The van der Waals surface area contributed by atoms with Gasteiger partial charge in [-0.05, 0) is 79.5 Å². The van der Waals surface area contributed by atoms with Crippen LogP contribution in [0, 0.1) is 28.6 Å². The lowest BCUT2D eigenvalue weighted by Crippen LogP contribution is -2.38. The van der Waals surface area contributed by atoms with Crippen molar-refractivity contribution in [2.24, 2.45) is 5.92 Å². The second-order valence-electron chi connectivity index (χ2n) is 18.5. The first kappa shape index (κ1) is 57.9. The molecule has 0 saturated carbocycles. The van der Waals surface area contributed by atoms with Gasteiger partial charge in [-0.15, -0.1) is 0 Å². The van der Waals surface area contributed by atoms with Gasteiger partial charge in [0.05, 0.1) is 97.2 Å². The van der Waals surface area contributed by atoms with Crippen LogP contribution in [0.15, 0.2) is 91.0 Å². The number of phosphoric ester groups is 2. The first-order chi connectivity index (χ1) is 35.9. The third kappa shape index (κ3) is 16.1. The van der Waals surface area contributed by atoms with Crippen molar-refractivity contribution in [3.8, 4) is 23.6 Å². The Morgan fingerprint density at radius 2 is 1.07 bits per heavy atom. The summed E-state index contributed by atoms with van der Waals surface area (Å²) >= 11 is 0. The molecule has 7 rings (SSSR count). The molecule has 0 spiro atoms. The highest BCUT2D eigenvalue weighted by Crippen LogP contribution is 2.56. The first-order valence-electron chi connectivity index (χ1n) is 25.3. The smallest absolute Gasteiger partial charge is 0.475 e. The van der Waals surface area contributed by atoms with Crippen molar-refractivity contribution < 1.29 is 69.4 Å². The van der Waals surface area contributed by atoms with E-state index in [1.807, 2.05) is 91.0 Å². The third-order valence-corrected chi connectivity index (χ3v) is 16.2. The number of benzene rings is 3. The number of rotatable bonds is 27. The maximum absolute atomic E-state index is 14.8. The molecule has 2 unspecified atom stereocenters. The molecule has 3 fully saturated rings. The second kappa shape index (κ2) is 28.5. The SMILES string of the molecule is [B][C@H]1C[C@@H](OC[C@H]2/C=C\CCCCCC2)[C@@H](COP(=O)(OCCC#N)O[C@@H]2C[C@H]([B])O[C@@H]2COP(=O)(OCCC#N)O[C@@H]2C[C@H]([B])O[C@@H]2COC(c2ccccc2)(c2ccc(OC)cc2)c2ccc(OC)cc2)O1. The highest BCUT2D eigenvalue weighted by molar-refractivity contribution is 7.48. The molecule has 392 valence electrons. The van der Waals surface area contributed by atoms with Gasteiger partial charge >= 0.3 is 15.6 Å². The molecular formula is C52H65B3N2O15P2. The zero-order valence-electron chi connectivity index (χ0n) is 42.1. The fourth-order valence-corrected chi connectivity index (χ4v) is 12.2. The molecule has 0 aromatic heterocycles. The summed E-state index contributed by atoms with van der Waals surface area (Å²) in [5, 5.41) is 18.7. The average molecular weight is 1050 g/mol. The fraction of sp³-hybridized carbons (Fsp3) is 0.577. The van der Waals surface area contributed by atoms with E-state index in [2.05, 4.69) is 12.2 Å². The Morgan fingerprint density at radius 3 is 1.58 bits per heavy atom. The van der Waals surface area contributed by atoms with E-state index < -0.39 is 82.5 Å². The standard InChI is InChI=1S/C52H65B3N2O15P2/c1-60-41-22-18-39(19-23-41)52(38-16-10-7-11-17-38,40-20-24-42(61-2)25-21-40)63-34-46-44(31-50(54)68-46)71-74(59,65-29-13-27-57)67-36-48-45(32-51(55)70-48)72-73(58,64-28-12-26-56)66-35-47-43(30-49(53)69-47)62-33-37-14-8-5-3-4-6-9-15-37/h7-8,10-11,14,16-25,37,43-51H,3-6,9,12-13,15,28-36H2,1-2H3/b14-8-/t37-,43+,44+,45+,46+,47+,48+,49+,50+,51+,73?,74?/m0/s1. The van der Waals surface area contributed by atoms with Gasteiger partial charge in [0.1, 0.15) is 59.0 Å². The summed E-state index contributed by atoms with van der Waals surface area (Å²) in [5.74, 6) is 1.53. The number of phosphoric acid groups is 2. The Labute approximate surface area is 439 Å². The molecule has 0 bridgehead atoms. The van der Waals surface area contributed by atoms with Crippen molar-refractivity contribution in [2.75, 3.05) is 53.9 Å². The van der Waals surface area contributed by atoms with Crippen molar-refractivity contribution in [3.05, 3.63) is 108 Å². The lowest BCUT2D eigenvalue weighted by atomic mass is 9.80. The van der Waals surface area contributed by atoms with Crippen molar-refractivity contribution >= 4 is 39.2 Å². The van der Waals surface area contributed by atoms with E-state index in [0.717, 1.165) is 36.0 Å². The summed E-state index contributed by atoms with van der Waals surface area (Å²) in [5.41, 5.74) is 1.08. The van der Waals surface area contributed by atoms with Gasteiger partial charge in [-0.25, -0.2) is 9.13 Å². The van der Waals surface area contributed by atoms with E-state index in [4.69, 9.17) is 83.8 Å². The number of hydrogen-bond donors (Lipinski definition) is 0. The minimum Gasteiger partial charge on any atom is -0.497 e. The van der Waals surface area contributed by atoms with Crippen LogP contribution < -0.4 is 9.47 Å². The molecule has 0 amide bonds. The van der Waals surface area contributed by atoms with E-state index in [1.54, 1.807) is 14.2 Å². The number of allylic oxidation sites excluding steroid dienone is 1. The fourth-order valence-electron chi connectivity index (χ4n) is 9.42. The molecule has 1 aliphatic carbocycles. The predicted octanol–water partition coefficient (Wildman–Crippen LogP) is 8.65. The van der Waals surface area contributed by atoms with Gasteiger partial charge in [0.2, 0.25) is 0 Å². The summed E-state index contributed by atoms with van der Waals surface area (Å²) < 4.78 is 107. The van der Waals surface area contributed by atoms with Crippen molar-refractivity contribution in [2.45, 2.75) is 131 Å². The molecule has 3 aliphatic heterocycles. The van der Waals surface area contributed by atoms with Crippen LogP contribution >= 0.6 is 15.6 Å². The molecule has 0 N–H and O–H groups in total. The van der Waals surface area contributed by atoms with E-state index in [1.165, 1.54) is 19.3 Å². The van der Waals surface area contributed by atoms with E-state index in [0.29, 0.717) is 24.5 Å². The highest BCUT2D eigenvalue weighted by Gasteiger charge is 2.47. The van der Waals surface area contributed by atoms with Crippen LogP contribution in [0.5, 0.6) is 11.5 Å². The molecule has 3 heterocycles. The number of ether oxygens (including phenoxy) is 7. The van der Waals surface area contributed by atoms with Gasteiger partial charge in [0.15, 0.2) is 0 Å². The summed E-state index contributed by atoms with van der Waals surface area (Å²) in [4.78, 5) is 0. The van der Waals surface area contributed by atoms with Crippen molar-refractivity contribution in [1.82, 2.24) is 0 Å². The summed E-state index contributed by atoms with van der Waals surface area (Å²) in [6.07, 6.45) is 5.99. The molecule has 3 aromatic rings. The normalized spacial score (nSPS) is 28.4. The lowest BCUT2D eigenvalue weighted by molar-refractivity contribution is -0.0764. The summed E-state index contributed by atoms with van der Waals surface area (Å²) in [6.45, 7) is -1.07. The Kier molecular flexibility index (Phi) is 22.3. The summed E-state index contributed by atoms with van der Waals surface area (Å²) in [6, 6.07) is 26.2. The highest BCUT2D eigenvalue weighted by atomic mass is 31.2. The quantitative estimate of drug-likeness (QED) is 0.0231. The molecule has 6 radical (unpaired) electrons. The molecular weight excluding hydrogens is 987 g/mol. The van der Waals surface area contributed by atoms with Gasteiger partial charge in [0.25, 0.3) is 0 Å². The molecule has 3 aromatic carbocycles. The van der Waals surface area contributed by atoms with Crippen LogP contribution in [0.3, 0.4) is 0 Å². The van der Waals surface area contributed by atoms with E-state index in [-0.39, 0.29) is 58.0 Å². The van der Waals surface area contributed by atoms with E-state index >= 15 is 0 Å². The number of hydrogen-bond acceptors (Lipinski definition) is 17. The van der Waals surface area contributed by atoms with Crippen LogP contribution in [0.2, 0.25) is 0 Å². The van der Waals surface area contributed by atoms with Gasteiger partial charge in [-0.3, -0.25) is 27.1 Å². The molecule has 12 atom stereocenters. The monoisotopic (exact) mass is 1050 g/mol. The molecule has 4 aliphatic rings. The number of nitriles is 2. The van der Waals surface area contributed by atoms with Crippen LogP contribution in [-0.2, 0) is 65.6 Å². The van der Waals surface area contributed by atoms with Crippen LogP contribution in [0.25, 0.3) is 0 Å². The van der Waals surface area contributed by atoms with Crippen LogP contribution in [0.4, 0.5) is 0 Å². The Morgan fingerprint density at radius 1 is 0.595 bits per heavy atom. The van der Waals surface area contributed by atoms with Gasteiger partial charge in [-0.1, -0.05) is 86.0 Å². The molecule has 74 heavy (non-hydrogen) atoms. The number of methoxy groups -OCH3 is 2. The summed E-state index contributed by atoms with van der Waals surface area (Å²) in [7, 11) is 12.9. The van der Waals surface area contributed by atoms with Crippen LogP contribution in [0.1, 0.15) is 87.3 Å².